The normalized spacial score (nSPS) is 18.9. The van der Waals surface area contributed by atoms with Gasteiger partial charge in [-0.15, -0.1) is 0 Å². The summed E-state index contributed by atoms with van der Waals surface area (Å²) in [5, 5.41) is 0. The number of esters is 1. The number of aliphatic imine (C=N–C) groups is 1. The number of ketones is 1. The lowest BCUT2D eigenvalue weighted by Gasteiger charge is -2.34. The van der Waals surface area contributed by atoms with Gasteiger partial charge in [-0.3, -0.25) is 23.9 Å². The van der Waals surface area contributed by atoms with Crippen LogP contribution < -0.4 is 4.90 Å². The van der Waals surface area contributed by atoms with Gasteiger partial charge < -0.3 is 9.64 Å². The zero-order chi connectivity index (χ0) is 32.0. The molecule has 1 heterocycles. The molecule has 2 unspecified atom stereocenters. The Labute approximate surface area is 260 Å². The van der Waals surface area contributed by atoms with Gasteiger partial charge in [0.25, 0.3) is 0 Å². The molecule has 1 aliphatic heterocycles. The number of rotatable bonds is 14. The van der Waals surface area contributed by atoms with E-state index in [1.54, 1.807) is 6.92 Å². The number of carbonyl (C=O) groups is 2. The predicted molar refractivity (Wildman–Crippen MR) is 165 cm³/mol. The lowest BCUT2D eigenvalue weighted by Crippen LogP contribution is -2.41. The van der Waals surface area contributed by atoms with Crippen LogP contribution in [0.25, 0.3) is 0 Å². The number of nitrogens with zero attached hydrogens (tertiary/aromatic N) is 3. The van der Waals surface area contributed by atoms with Crippen molar-refractivity contribution in [1.29, 1.82) is 0 Å². The van der Waals surface area contributed by atoms with Crippen molar-refractivity contribution in [3.63, 3.8) is 0 Å². The summed E-state index contributed by atoms with van der Waals surface area (Å²) in [7, 11) is 0. The molecule has 2 aliphatic rings. The van der Waals surface area contributed by atoms with Gasteiger partial charge in [-0.25, -0.2) is 13.2 Å². The van der Waals surface area contributed by atoms with Crippen molar-refractivity contribution in [3.05, 3.63) is 101 Å². The number of hydrogen-bond acceptors (Lipinski definition) is 6. The molecule has 10 heteroatoms. The summed E-state index contributed by atoms with van der Waals surface area (Å²) in [5.41, 5.74) is -0.444. The quantitative estimate of drug-likeness (QED) is 0.0508. The van der Waals surface area contributed by atoms with Crippen molar-refractivity contribution in [1.82, 2.24) is 4.90 Å². The number of alkyl halides is 1. The summed E-state index contributed by atoms with van der Waals surface area (Å²) >= 11 is 0. The van der Waals surface area contributed by atoms with Gasteiger partial charge in [0, 0.05) is 50.4 Å². The maximum Gasteiger partial charge on any atom is 0.322 e. The first-order valence-electron chi connectivity index (χ1n) is 15.3. The fraction of sp³-hybridized carbons (Fsp3) is 0.400. The molecule has 238 valence electrons. The van der Waals surface area contributed by atoms with Crippen molar-refractivity contribution in [2.24, 2.45) is 16.3 Å². The smallest absolute Gasteiger partial charge is 0.322 e. The average molecular weight is 624 g/mol. The van der Waals surface area contributed by atoms with Gasteiger partial charge >= 0.3 is 5.97 Å². The minimum Gasteiger partial charge on any atom is -0.465 e. The molecule has 0 aromatic heterocycles. The van der Waals surface area contributed by atoms with Crippen LogP contribution in [0.4, 0.5) is 23.2 Å². The zero-order valence-corrected chi connectivity index (χ0v) is 25.2. The highest BCUT2D eigenvalue weighted by Crippen LogP contribution is 2.39. The van der Waals surface area contributed by atoms with Crippen LogP contribution in [0, 0.1) is 28.8 Å². The van der Waals surface area contributed by atoms with Crippen molar-refractivity contribution in [3.8, 4) is 0 Å². The Hall–Kier alpha value is -4.05. The van der Waals surface area contributed by atoms with E-state index in [1.165, 1.54) is 4.90 Å². The van der Waals surface area contributed by atoms with Crippen LogP contribution in [0.3, 0.4) is 0 Å². The Morgan fingerprint density at radius 2 is 1.64 bits per heavy atom. The number of carbonyl (C=O) groups excluding carboxylic acids is 2. The second-order valence-corrected chi connectivity index (χ2v) is 11.9. The van der Waals surface area contributed by atoms with Crippen molar-refractivity contribution < 1.29 is 31.9 Å². The summed E-state index contributed by atoms with van der Waals surface area (Å²) < 4.78 is 66.5. The molecular formula is C35H37F4N3O3. The number of ether oxygens (including phenoxy) is 1. The summed E-state index contributed by atoms with van der Waals surface area (Å²) in [5.74, 6) is -8.04. The minimum atomic E-state index is -1.63. The fourth-order valence-electron chi connectivity index (χ4n) is 5.85. The number of Topliss-reactive ketones (excluding diaryl/α,β-unsaturated/α-hetero) is 1. The molecule has 2 fully saturated rings. The van der Waals surface area contributed by atoms with Crippen molar-refractivity contribution >= 4 is 23.7 Å². The van der Waals surface area contributed by atoms with Gasteiger partial charge in [-0.2, -0.15) is 0 Å². The number of benzene rings is 3. The van der Waals surface area contributed by atoms with Gasteiger partial charge in [0.2, 0.25) is 0 Å². The molecule has 0 spiro atoms. The standard InChI is InChI=1S/C35H37F4N3O3/c1-2-45-34(44)28(18-40-26-13-14-26)33(43)27-17-29(37)32(31(39)30(27)38)42-16-15-35(21-36,23-42)22-41(19-24-9-5-3-6-10-24)20-25-11-7-4-8-12-25/h3-12,17-18,26,28H,2,13-16,19-23H2,1H3. The Balaban J connectivity index is 1.38. The monoisotopic (exact) mass is 623 g/mol. The van der Waals surface area contributed by atoms with Crippen LogP contribution in [-0.4, -0.2) is 61.8 Å². The van der Waals surface area contributed by atoms with Crippen LogP contribution in [0.2, 0.25) is 0 Å². The molecule has 45 heavy (non-hydrogen) atoms. The average Bonchev–Trinajstić information content (AvgIpc) is 3.78. The Morgan fingerprint density at radius 3 is 2.20 bits per heavy atom. The SMILES string of the molecule is CCOC(=O)C(C=NC1CC1)C(=O)c1cc(F)c(N2CCC(CF)(CN(Cc3ccccc3)Cc3ccccc3)C2)c(F)c1F. The van der Waals surface area contributed by atoms with Gasteiger partial charge in [-0.1, -0.05) is 60.7 Å². The van der Waals surface area contributed by atoms with Crippen LogP contribution in [0.1, 0.15) is 47.7 Å². The molecule has 5 rings (SSSR count). The highest BCUT2D eigenvalue weighted by Gasteiger charge is 2.42. The fourth-order valence-corrected chi connectivity index (χ4v) is 5.85. The van der Waals surface area contributed by atoms with Crippen molar-refractivity contribution in [2.75, 3.05) is 37.8 Å². The molecule has 3 aromatic carbocycles. The second kappa shape index (κ2) is 14.4. The molecular weight excluding hydrogens is 586 g/mol. The highest BCUT2D eigenvalue weighted by atomic mass is 19.2. The van der Waals surface area contributed by atoms with E-state index >= 15 is 13.2 Å². The first kappa shape index (κ1) is 32.3. The van der Waals surface area contributed by atoms with Gasteiger partial charge in [0.1, 0.15) is 11.5 Å². The molecule has 2 atom stereocenters. The second-order valence-electron chi connectivity index (χ2n) is 11.9. The molecule has 0 N–H and O–H groups in total. The maximum absolute atomic E-state index is 15.6. The Morgan fingerprint density at radius 1 is 1.02 bits per heavy atom. The van der Waals surface area contributed by atoms with Gasteiger partial charge in [0.15, 0.2) is 23.3 Å². The molecule has 0 amide bonds. The van der Waals surface area contributed by atoms with Gasteiger partial charge in [0.05, 0.1) is 18.8 Å². The molecule has 6 nitrogen and oxygen atoms in total. The minimum absolute atomic E-state index is 0.0383. The first-order valence-corrected chi connectivity index (χ1v) is 15.3. The number of halogens is 4. The van der Waals surface area contributed by atoms with Gasteiger partial charge in [-0.05, 0) is 43.4 Å². The highest BCUT2D eigenvalue weighted by molar-refractivity contribution is 6.18. The van der Waals surface area contributed by atoms with E-state index < -0.39 is 58.5 Å². The summed E-state index contributed by atoms with van der Waals surface area (Å²) in [6.07, 6.45) is 2.94. The van der Waals surface area contributed by atoms with Crippen LogP contribution in [0.5, 0.6) is 0 Å². The maximum atomic E-state index is 15.6. The van der Waals surface area contributed by atoms with Crippen LogP contribution >= 0.6 is 0 Å². The van der Waals surface area contributed by atoms with E-state index in [-0.39, 0.29) is 32.2 Å². The van der Waals surface area contributed by atoms with Crippen molar-refractivity contribution in [2.45, 2.75) is 45.3 Å². The molecule has 1 saturated heterocycles. The third kappa shape index (κ3) is 7.79. The lowest BCUT2D eigenvalue weighted by molar-refractivity contribution is -0.143. The summed E-state index contributed by atoms with van der Waals surface area (Å²) in [6.45, 7) is 2.18. The Bertz CT molecular complexity index is 1480. The van der Waals surface area contributed by atoms with E-state index in [0.29, 0.717) is 25.7 Å². The summed E-state index contributed by atoms with van der Waals surface area (Å²) in [6, 6.07) is 20.1. The molecule has 3 aromatic rings. The molecule has 1 aliphatic carbocycles. The largest absolute Gasteiger partial charge is 0.465 e. The van der Waals surface area contributed by atoms with E-state index in [1.807, 2.05) is 60.7 Å². The third-order valence-electron chi connectivity index (χ3n) is 8.31. The zero-order valence-electron chi connectivity index (χ0n) is 25.2. The van der Waals surface area contributed by atoms with E-state index in [4.69, 9.17) is 4.74 Å². The number of anilines is 1. The lowest BCUT2D eigenvalue weighted by atomic mass is 9.87. The third-order valence-corrected chi connectivity index (χ3v) is 8.31. The Kier molecular flexibility index (Phi) is 10.3. The predicted octanol–water partition coefficient (Wildman–Crippen LogP) is 6.57. The topological polar surface area (TPSA) is 62.2 Å². The van der Waals surface area contributed by atoms with E-state index in [0.717, 1.165) is 30.2 Å². The molecule has 0 radical (unpaired) electrons. The first-order chi connectivity index (χ1) is 21.7. The summed E-state index contributed by atoms with van der Waals surface area (Å²) in [4.78, 5) is 33.2. The molecule has 0 bridgehead atoms. The van der Waals surface area contributed by atoms with Crippen LogP contribution in [0.15, 0.2) is 71.7 Å². The van der Waals surface area contributed by atoms with Crippen LogP contribution in [-0.2, 0) is 22.6 Å². The number of hydrogen-bond donors (Lipinski definition) is 0. The van der Waals surface area contributed by atoms with E-state index in [2.05, 4.69) is 9.89 Å². The molecule has 1 saturated carbocycles. The van der Waals surface area contributed by atoms with E-state index in [9.17, 15) is 14.0 Å².